The minimum absolute atomic E-state index is 0.125. The van der Waals surface area contributed by atoms with E-state index >= 15 is 8.78 Å². The van der Waals surface area contributed by atoms with Crippen molar-refractivity contribution >= 4 is 44.1 Å². The SMILES string of the molecule is [2H]c1nc2[nH]c([2H])c(C(=O)c3c(F)c([2H])c([2H])c(NS(=O)(=O)C([2H])([2H])C([2H])([2H])C)c3F)c2c([2H])c1-c1ccc(Cl)cc1. The maximum absolute atomic E-state index is 15.7. The van der Waals surface area contributed by atoms with Crippen LogP contribution in [0, 0.1) is 11.6 Å². The molecule has 2 N–H and O–H groups in total. The molecule has 6 nitrogen and oxygen atoms in total. The fourth-order valence-corrected chi connectivity index (χ4v) is 3.76. The normalized spacial score (nSPS) is 16.4. The van der Waals surface area contributed by atoms with Gasteiger partial charge < -0.3 is 4.98 Å². The number of H-pyrrole nitrogens is 1. The number of rotatable bonds is 7. The van der Waals surface area contributed by atoms with Gasteiger partial charge in [0.15, 0.2) is 5.82 Å². The zero-order valence-electron chi connectivity index (χ0n) is 25.5. The number of fused-ring (bicyclic) bond motifs is 1. The molecule has 0 unspecified atom stereocenters. The van der Waals surface area contributed by atoms with Crippen molar-refractivity contribution in [3.05, 3.63) is 82.5 Å². The fourth-order valence-electron chi connectivity index (χ4n) is 2.90. The molecule has 0 saturated carbocycles. The van der Waals surface area contributed by atoms with Crippen molar-refractivity contribution in [3.8, 4) is 11.1 Å². The number of carbonyl (C=O) groups excluding carboxylic acids is 1. The summed E-state index contributed by atoms with van der Waals surface area (Å²) in [6.07, 6.45) is -4.29. The molecule has 0 atom stereocenters. The summed E-state index contributed by atoms with van der Waals surface area (Å²) in [5.41, 5.74) is -7.85. The summed E-state index contributed by atoms with van der Waals surface area (Å²) in [6.45, 7) is 0.583. The molecular formula is C23H18ClF2N3O3S. The highest BCUT2D eigenvalue weighted by atomic mass is 35.5. The molecular weight excluding hydrogens is 472 g/mol. The molecule has 0 radical (unpaired) electrons. The molecule has 2 heterocycles. The van der Waals surface area contributed by atoms with Crippen LogP contribution in [0.25, 0.3) is 22.2 Å². The molecule has 0 fully saturated rings. The van der Waals surface area contributed by atoms with Gasteiger partial charge in [-0.3, -0.25) is 9.52 Å². The highest BCUT2D eigenvalue weighted by molar-refractivity contribution is 7.92. The first-order valence-corrected chi connectivity index (χ1v) is 10.9. The van der Waals surface area contributed by atoms with E-state index in [4.69, 9.17) is 23.9 Å². The van der Waals surface area contributed by atoms with Gasteiger partial charge in [0.05, 0.1) is 23.8 Å². The molecule has 4 rings (SSSR count). The summed E-state index contributed by atoms with van der Waals surface area (Å²) < 4.78 is 129. The Bertz CT molecular complexity index is 1900. The third kappa shape index (κ3) is 4.60. The standard InChI is InChI=1S/C23H18ClF2N3O3S/c1-2-9-33(31,32)29-19-8-7-18(25)20(21(19)26)22(30)17-12-28-23-16(17)10-14(11-27-23)13-3-5-15(24)6-4-13/h3-8,10-12,29H,2,9H2,1H3,(H,27,28)/i2D2,7D,8D,9D2,10D,11D,12D. The minimum Gasteiger partial charge on any atom is -0.345 e. The van der Waals surface area contributed by atoms with Crippen LogP contribution in [0.5, 0.6) is 0 Å². The van der Waals surface area contributed by atoms with Crippen molar-refractivity contribution in [2.24, 2.45) is 0 Å². The number of nitrogens with zero attached hydrogens (tertiary/aromatic N) is 1. The number of nitrogens with one attached hydrogen (secondary N) is 2. The maximum atomic E-state index is 15.7. The number of aromatic amines is 1. The van der Waals surface area contributed by atoms with E-state index < -0.39 is 92.2 Å². The Hall–Kier alpha value is -3.30. The third-order valence-corrected chi connectivity index (χ3v) is 5.54. The summed E-state index contributed by atoms with van der Waals surface area (Å²) in [5, 5.41) is -0.0924. The van der Waals surface area contributed by atoms with E-state index in [2.05, 4.69) is 9.97 Å². The van der Waals surface area contributed by atoms with Gasteiger partial charge >= 0.3 is 0 Å². The largest absolute Gasteiger partial charge is 0.345 e. The van der Waals surface area contributed by atoms with Gasteiger partial charge in [0.2, 0.25) is 15.8 Å². The molecule has 4 aromatic rings. The Kier molecular flexibility index (Phi) is 3.80. The van der Waals surface area contributed by atoms with Crippen molar-refractivity contribution in [3.63, 3.8) is 0 Å². The zero-order chi connectivity index (χ0) is 31.7. The average Bonchev–Trinajstić information content (AvgIpc) is 3.21. The van der Waals surface area contributed by atoms with Crippen molar-refractivity contribution in [1.82, 2.24) is 9.97 Å². The first kappa shape index (κ1) is 14.1. The van der Waals surface area contributed by atoms with E-state index in [9.17, 15) is 13.2 Å². The number of halogens is 3. The number of benzene rings is 2. The molecule has 170 valence electrons. The molecule has 0 aliphatic rings. The van der Waals surface area contributed by atoms with Crippen LogP contribution in [0.4, 0.5) is 14.5 Å². The van der Waals surface area contributed by atoms with Gasteiger partial charge in [-0.25, -0.2) is 22.2 Å². The number of carbonyl (C=O) groups is 1. The van der Waals surface area contributed by atoms with Gasteiger partial charge in [-0.15, -0.1) is 0 Å². The lowest BCUT2D eigenvalue weighted by Gasteiger charge is -2.11. The maximum Gasteiger partial charge on any atom is 0.232 e. The van der Waals surface area contributed by atoms with Crippen LogP contribution in [0.1, 0.15) is 41.6 Å². The highest BCUT2D eigenvalue weighted by Crippen LogP contribution is 2.30. The van der Waals surface area contributed by atoms with Crippen LogP contribution in [-0.2, 0) is 10.0 Å². The lowest BCUT2D eigenvalue weighted by molar-refractivity contribution is 0.103. The van der Waals surface area contributed by atoms with E-state index in [1.54, 1.807) is 0 Å². The van der Waals surface area contributed by atoms with Gasteiger partial charge in [-0.2, -0.15) is 0 Å². The van der Waals surface area contributed by atoms with Crippen LogP contribution in [0.3, 0.4) is 0 Å². The Morgan fingerprint density at radius 1 is 1.24 bits per heavy atom. The van der Waals surface area contributed by atoms with Crippen molar-refractivity contribution < 1.29 is 34.3 Å². The van der Waals surface area contributed by atoms with Gasteiger partial charge in [-0.1, -0.05) is 30.7 Å². The van der Waals surface area contributed by atoms with Crippen molar-refractivity contribution in [1.29, 1.82) is 0 Å². The first-order valence-electron chi connectivity index (χ1n) is 13.5. The Balaban J connectivity index is 1.97. The van der Waals surface area contributed by atoms with E-state index in [1.807, 2.05) is 0 Å². The topological polar surface area (TPSA) is 91.9 Å². The van der Waals surface area contributed by atoms with Gasteiger partial charge in [0.1, 0.15) is 11.5 Å². The number of aromatic nitrogens is 2. The fraction of sp³-hybridized carbons (Fsp3) is 0.130. The van der Waals surface area contributed by atoms with Crippen LogP contribution in [-0.4, -0.2) is 29.9 Å². The Morgan fingerprint density at radius 3 is 2.67 bits per heavy atom. The van der Waals surface area contributed by atoms with Crippen molar-refractivity contribution in [2.75, 3.05) is 10.4 Å². The quantitative estimate of drug-likeness (QED) is 0.327. The molecule has 0 amide bonds. The molecule has 0 aliphatic carbocycles. The lowest BCUT2D eigenvalue weighted by Crippen LogP contribution is -2.18. The molecule has 0 spiro atoms. The van der Waals surface area contributed by atoms with E-state index in [-0.39, 0.29) is 16.8 Å². The number of sulfonamides is 1. The molecule has 33 heavy (non-hydrogen) atoms. The smallest absolute Gasteiger partial charge is 0.232 e. The predicted octanol–water partition coefficient (Wildman–Crippen LogP) is 5.54. The summed E-state index contributed by atoms with van der Waals surface area (Å²) in [5.74, 6) is -5.61. The number of hydrogen-bond donors (Lipinski definition) is 2. The lowest BCUT2D eigenvalue weighted by atomic mass is 10.00. The third-order valence-electron chi connectivity index (χ3n) is 4.34. The van der Waals surface area contributed by atoms with Gasteiger partial charge in [0.25, 0.3) is 0 Å². The predicted molar refractivity (Wildman–Crippen MR) is 124 cm³/mol. The number of hydrogen-bond acceptors (Lipinski definition) is 4. The first-order chi connectivity index (χ1) is 19.2. The highest BCUT2D eigenvalue weighted by Gasteiger charge is 2.26. The van der Waals surface area contributed by atoms with E-state index in [1.165, 1.54) is 29.0 Å². The average molecular weight is 499 g/mol. The van der Waals surface area contributed by atoms with Crippen LogP contribution in [0.2, 0.25) is 5.02 Å². The summed E-state index contributed by atoms with van der Waals surface area (Å²) in [7, 11) is -5.52. The summed E-state index contributed by atoms with van der Waals surface area (Å²) in [4.78, 5) is 19.9. The molecule has 2 aromatic carbocycles. The second-order valence-corrected chi connectivity index (χ2v) is 8.35. The molecule has 2 aromatic heterocycles. The van der Waals surface area contributed by atoms with E-state index in [0.29, 0.717) is 11.9 Å². The zero-order valence-corrected chi connectivity index (χ0v) is 18.1. The minimum atomic E-state index is -5.52. The second kappa shape index (κ2) is 8.92. The molecule has 0 saturated heterocycles. The van der Waals surface area contributed by atoms with Gasteiger partial charge in [-0.05, 0) is 42.2 Å². The number of pyridine rings is 1. The van der Waals surface area contributed by atoms with E-state index in [0.717, 1.165) is 0 Å². The summed E-state index contributed by atoms with van der Waals surface area (Å²) in [6, 6.07) is 2.39. The number of anilines is 1. The molecule has 0 aliphatic heterocycles. The van der Waals surface area contributed by atoms with Crippen molar-refractivity contribution in [2.45, 2.75) is 13.3 Å². The van der Waals surface area contributed by atoms with Gasteiger partial charge in [0, 0.05) is 39.4 Å². The number of ketones is 1. The second-order valence-electron chi connectivity index (χ2n) is 6.49. The Morgan fingerprint density at radius 2 is 1.97 bits per heavy atom. The van der Waals surface area contributed by atoms with Crippen LogP contribution >= 0.6 is 11.6 Å². The summed E-state index contributed by atoms with van der Waals surface area (Å²) >= 11 is 5.90. The van der Waals surface area contributed by atoms with Crippen LogP contribution < -0.4 is 4.72 Å². The molecule has 0 bridgehead atoms. The van der Waals surface area contributed by atoms with Crippen LogP contribution in [0.15, 0.2) is 54.7 Å². The molecule has 10 heteroatoms. The Labute approximate surface area is 206 Å². The monoisotopic (exact) mass is 498 g/mol.